The highest BCUT2D eigenvalue weighted by Gasteiger charge is 2.25. The Morgan fingerprint density at radius 2 is 2.09 bits per heavy atom. The number of hydrogen-bond acceptors (Lipinski definition) is 8. The second-order valence-corrected chi connectivity index (χ2v) is 9.42. The second-order valence-electron chi connectivity index (χ2n) is 5.29. The number of primary sulfonamides is 1. The number of rotatable bonds is 5. The van der Waals surface area contributed by atoms with Gasteiger partial charge in [0.2, 0.25) is 10.0 Å². The molecule has 1 aromatic heterocycles. The Morgan fingerprint density at radius 3 is 2.74 bits per heavy atom. The van der Waals surface area contributed by atoms with E-state index in [0.29, 0.717) is 6.54 Å². The Balaban J connectivity index is 1.86. The molecule has 0 saturated carbocycles. The number of fused-ring (bicyclic) bond motifs is 1. The standard InChI is InChI=1S/C13H19N3O4S3/c14-23(18,19)12-8-10-7-11(9-15-2-5-20-6-3-15)16(1-4-17)22-13(10)21-12/h7-8,17H,1-6,9H2,(H2,14,18,19). The molecule has 0 atom stereocenters. The van der Waals surface area contributed by atoms with Crippen molar-refractivity contribution in [3.63, 3.8) is 0 Å². The normalized spacial score (nSPS) is 19.6. The zero-order valence-corrected chi connectivity index (χ0v) is 14.9. The first-order valence-electron chi connectivity index (χ1n) is 7.21. The van der Waals surface area contributed by atoms with Gasteiger partial charge in [0.25, 0.3) is 0 Å². The lowest BCUT2D eigenvalue weighted by Crippen LogP contribution is -2.40. The van der Waals surface area contributed by atoms with Crippen molar-refractivity contribution in [2.75, 3.05) is 46.0 Å². The Kier molecular flexibility index (Phi) is 5.31. The first-order valence-corrected chi connectivity index (χ1v) is 10.3. The van der Waals surface area contributed by atoms with E-state index in [1.165, 1.54) is 23.3 Å². The van der Waals surface area contributed by atoms with Crippen molar-refractivity contribution in [2.45, 2.75) is 8.42 Å². The van der Waals surface area contributed by atoms with Crippen LogP contribution in [0.3, 0.4) is 0 Å². The van der Waals surface area contributed by atoms with Crippen LogP contribution in [-0.2, 0) is 14.8 Å². The summed E-state index contributed by atoms with van der Waals surface area (Å²) in [4.78, 5) is 2.29. The lowest BCUT2D eigenvalue weighted by molar-refractivity contribution is 0.0406. The fourth-order valence-electron chi connectivity index (χ4n) is 2.48. The monoisotopic (exact) mass is 377 g/mol. The summed E-state index contributed by atoms with van der Waals surface area (Å²) >= 11 is 2.63. The van der Waals surface area contributed by atoms with Crippen molar-refractivity contribution < 1.29 is 18.3 Å². The number of thiophene rings is 1. The molecule has 3 N–H and O–H groups in total. The molecule has 1 fully saturated rings. The Bertz CT molecular complexity index is 695. The van der Waals surface area contributed by atoms with Crippen LogP contribution in [0.5, 0.6) is 0 Å². The molecule has 0 bridgehead atoms. The van der Waals surface area contributed by atoms with E-state index < -0.39 is 10.0 Å². The predicted molar refractivity (Wildman–Crippen MR) is 90.6 cm³/mol. The molecule has 0 aromatic carbocycles. The zero-order valence-electron chi connectivity index (χ0n) is 12.5. The number of morpholine rings is 1. The van der Waals surface area contributed by atoms with Crippen molar-refractivity contribution in [3.05, 3.63) is 17.3 Å². The minimum absolute atomic E-state index is 0.0379. The molecule has 23 heavy (non-hydrogen) atoms. The summed E-state index contributed by atoms with van der Waals surface area (Å²) < 4.78 is 31.5. The average molecular weight is 378 g/mol. The van der Waals surface area contributed by atoms with E-state index in [9.17, 15) is 13.5 Å². The maximum atomic E-state index is 11.5. The average Bonchev–Trinajstić information content (AvgIpc) is 2.92. The van der Waals surface area contributed by atoms with Gasteiger partial charge in [0.15, 0.2) is 0 Å². The molecule has 7 nitrogen and oxygen atoms in total. The maximum absolute atomic E-state index is 11.5. The molecule has 0 unspecified atom stereocenters. The topological polar surface area (TPSA) is 96.1 Å². The summed E-state index contributed by atoms with van der Waals surface area (Å²) in [7, 11) is -3.69. The third-order valence-electron chi connectivity index (χ3n) is 3.61. The van der Waals surface area contributed by atoms with Crippen LogP contribution >= 0.6 is 23.3 Å². The molecule has 0 amide bonds. The second kappa shape index (κ2) is 7.09. The number of aliphatic hydroxyl groups is 1. The van der Waals surface area contributed by atoms with Gasteiger partial charge in [-0.25, -0.2) is 13.6 Å². The lowest BCUT2D eigenvalue weighted by Gasteiger charge is -2.33. The Hall–Kier alpha value is -0.620. The first kappa shape index (κ1) is 17.2. The van der Waals surface area contributed by atoms with Crippen molar-refractivity contribution in [1.29, 1.82) is 0 Å². The summed E-state index contributed by atoms with van der Waals surface area (Å²) in [5, 5.41) is 14.5. The van der Waals surface area contributed by atoms with Crippen molar-refractivity contribution in [2.24, 2.45) is 5.14 Å². The molecule has 0 aliphatic carbocycles. The van der Waals surface area contributed by atoms with Gasteiger partial charge in [-0.05, 0) is 24.1 Å². The highest BCUT2D eigenvalue weighted by molar-refractivity contribution is 7.99. The van der Waals surface area contributed by atoms with E-state index in [0.717, 1.165) is 48.3 Å². The summed E-state index contributed by atoms with van der Waals surface area (Å²) in [6, 6.07) is 1.62. The van der Waals surface area contributed by atoms with Crippen LogP contribution in [0, 0.1) is 0 Å². The molecule has 3 heterocycles. The van der Waals surface area contributed by atoms with E-state index >= 15 is 0 Å². The van der Waals surface area contributed by atoms with Crippen LogP contribution in [0.15, 0.2) is 20.2 Å². The van der Waals surface area contributed by atoms with Gasteiger partial charge in [0, 0.05) is 30.9 Å². The van der Waals surface area contributed by atoms with Crippen LogP contribution in [0.2, 0.25) is 0 Å². The highest BCUT2D eigenvalue weighted by Crippen LogP contribution is 2.42. The smallest absolute Gasteiger partial charge is 0.247 e. The molecule has 0 spiro atoms. The number of hydrogen-bond donors (Lipinski definition) is 2. The number of ether oxygens (including phenoxy) is 1. The van der Waals surface area contributed by atoms with Crippen LogP contribution in [-0.4, -0.2) is 68.7 Å². The van der Waals surface area contributed by atoms with Crippen LogP contribution in [0.25, 0.3) is 6.08 Å². The fourth-order valence-corrected chi connectivity index (χ4v) is 5.76. The van der Waals surface area contributed by atoms with E-state index in [1.807, 2.05) is 10.4 Å². The molecule has 1 aromatic rings. The third kappa shape index (κ3) is 4.08. The Labute approximate surface area is 143 Å². The molecular weight excluding hydrogens is 358 g/mol. The van der Waals surface area contributed by atoms with E-state index in [1.54, 1.807) is 6.07 Å². The third-order valence-corrected chi connectivity index (χ3v) is 7.49. The van der Waals surface area contributed by atoms with Gasteiger partial charge < -0.3 is 14.1 Å². The summed E-state index contributed by atoms with van der Waals surface area (Å²) in [5.41, 5.74) is 1.93. The number of aliphatic hydroxyl groups excluding tert-OH is 1. The quantitative estimate of drug-likeness (QED) is 0.716. The predicted octanol–water partition coefficient (Wildman–Crippen LogP) is 0.384. The molecule has 1 saturated heterocycles. The van der Waals surface area contributed by atoms with Gasteiger partial charge in [0.05, 0.1) is 30.6 Å². The van der Waals surface area contributed by atoms with Gasteiger partial charge in [-0.2, -0.15) is 0 Å². The number of sulfonamides is 1. The van der Waals surface area contributed by atoms with Gasteiger partial charge in [-0.3, -0.25) is 4.90 Å². The number of nitrogens with zero attached hydrogens (tertiary/aromatic N) is 2. The minimum Gasteiger partial charge on any atom is -0.394 e. The van der Waals surface area contributed by atoms with Gasteiger partial charge in [-0.1, -0.05) is 0 Å². The maximum Gasteiger partial charge on any atom is 0.247 e. The van der Waals surface area contributed by atoms with Gasteiger partial charge >= 0.3 is 0 Å². The van der Waals surface area contributed by atoms with Gasteiger partial charge in [-0.15, -0.1) is 11.3 Å². The molecular formula is C13H19N3O4S3. The van der Waals surface area contributed by atoms with Gasteiger partial charge in [0.1, 0.15) is 4.21 Å². The van der Waals surface area contributed by atoms with Crippen molar-refractivity contribution >= 4 is 39.4 Å². The lowest BCUT2D eigenvalue weighted by atomic mass is 10.2. The molecule has 3 rings (SSSR count). The summed E-state index contributed by atoms with van der Waals surface area (Å²) in [5.74, 6) is 0. The number of nitrogens with two attached hydrogens (primary N) is 1. The Morgan fingerprint density at radius 1 is 1.35 bits per heavy atom. The SMILES string of the molecule is NS(=O)(=O)c1cc2c(s1)SN(CCO)C(CN1CCOCC1)=C2. The first-order chi connectivity index (χ1) is 11.0. The van der Waals surface area contributed by atoms with Crippen molar-refractivity contribution in [1.82, 2.24) is 9.21 Å². The fraction of sp³-hybridized carbons (Fsp3) is 0.538. The molecule has 10 heteroatoms. The summed E-state index contributed by atoms with van der Waals surface area (Å²) in [6.07, 6.45) is 1.99. The van der Waals surface area contributed by atoms with E-state index in [2.05, 4.69) is 4.90 Å². The highest BCUT2D eigenvalue weighted by atomic mass is 32.3. The summed E-state index contributed by atoms with van der Waals surface area (Å²) in [6.45, 7) is 4.45. The minimum atomic E-state index is -3.69. The molecule has 0 radical (unpaired) electrons. The molecule has 2 aliphatic rings. The van der Waals surface area contributed by atoms with Crippen LogP contribution in [0.1, 0.15) is 5.56 Å². The molecule has 128 valence electrons. The molecule has 2 aliphatic heterocycles. The van der Waals surface area contributed by atoms with Crippen LogP contribution in [0.4, 0.5) is 0 Å². The van der Waals surface area contributed by atoms with Crippen LogP contribution < -0.4 is 5.14 Å². The van der Waals surface area contributed by atoms with E-state index in [4.69, 9.17) is 9.88 Å². The zero-order chi connectivity index (χ0) is 16.4. The number of β-amino-alcohol motifs (C(OH)–C–C–N with tert-alkyl or cyclic N) is 1. The van der Waals surface area contributed by atoms with E-state index in [-0.39, 0.29) is 10.8 Å². The van der Waals surface area contributed by atoms with Crippen molar-refractivity contribution in [3.8, 4) is 0 Å². The largest absolute Gasteiger partial charge is 0.394 e.